The van der Waals surface area contributed by atoms with E-state index in [-0.39, 0.29) is 23.0 Å². The molecule has 2 aromatic heterocycles. The van der Waals surface area contributed by atoms with Crippen LogP contribution < -0.4 is 5.32 Å². The highest BCUT2D eigenvalue weighted by Gasteiger charge is 2.17. The minimum Gasteiger partial charge on any atom is -0.326 e. The maximum atomic E-state index is 13.1. The summed E-state index contributed by atoms with van der Waals surface area (Å²) in [5.41, 5.74) is 2.77. The number of nitrogens with zero attached hydrogens (tertiary/aromatic N) is 3. The molecule has 1 N–H and O–H groups in total. The second kappa shape index (κ2) is 8.22. The number of carbonyl (C=O) groups excluding carboxylic acids is 1. The van der Waals surface area contributed by atoms with Crippen molar-refractivity contribution in [1.82, 2.24) is 13.7 Å². The maximum absolute atomic E-state index is 13.1. The molecule has 2 heterocycles. The van der Waals surface area contributed by atoms with Crippen molar-refractivity contribution in [2.24, 2.45) is 0 Å². The number of carbonyl (C=O) groups is 1. The molecule has 0 radical (unpaired) electrons. The van der Waals surface area contributed by atoms with Gasteiger partial charge in [0, 0.05) is 42.6 Å². The molecule has 0 fully saturated rings. The standard InChI is InChI=1S/C21H19FN4O3S2/c1-25(2)31(28,29)18-9-7-16(8-10-18)23-20(27)11-17-13-30-21-24-19(12-26(17)21)14-3-5-15(22)6-4-14/h3-10,12-13H,11H2,1-2H3,(H,23,27). The summed E-state index contributed by atoms with van der Waals surface area (Å²) >= 11 is 1.41. The summed E-state index contributed by atoms with van der Waals surface area (Å²) in [7, 11) is -0.595. The summed E-state index contributed by atoms with van der Waals surface area (Å²) in [5.74, 6) is -0.547. The first-order chi connectivity index (χ1) is 14.7. The fraction of sp³-hybridized carbons (Fsp3) is 0.143. The van der Waals surface area contributed by atoms with Crippen LogP contribution in [0.1, 0.15) is 5.69 Å². The lowest BCUT2D eigenvalue weighted by molar-refractivity contribution is -0.115. The zero-order chi connectivity index (χ0) is 22.2. The van der Waals surface area contributed by atoms with Gasteiger partial charge in [-0.2, -0.15) is 0 Å². The van der Waals surface area contributed by atoms with E-state index in [9.17, 15) is 17.6 Å². The van der Waals surface area contributed by atoms with Crippen molar-refractivity contribution in [1.29, 1.82) is 0 Å². The molecular weight excluding hydrogens is 439 g/mol. The van der Waals surface area contributed by atoms with Crippen molar-refractivity contribution < 1.29 is 17.6 Å². The van der Waals surface area contributed by atoms with Crippen LogP contribution in [0.3, 0.4) is 0 Å². The van der Waals surface area contributed by atoms with Gasteiger partial charge in [-0.3, -0.25) is 9.20 Å². The Hall–Kier alpha value is -3.08. The molecular formula is C21H19FN4O3S2. The van der Waals surface area contributed by atoms with E-state index in [1.165, 1.54) is 49.7 Å². The number of thiazole rings is 1. The molecule has 0 aliphatic heterocycles. The minimum absolute atomic E-state index is 0.122. The molecule has 0 bridgehead atoms. The third-order valence-corrected chi connectivity index (χ3v) is 7.40. The molecule has 2 aromatic carbocycles. The molecule has 7 nitrogen and oxygen atoms in total. The summed E-state index contributed by atoms with van der Waals surface area (Å²) < 4.78 is 40.4. The highest BCUT2D eigenvalue weighted by atomic mass is 32.2. The Balaban J connectivity index is 1.48. The molecule has 0 saturated heterocycles. The Kier molecular flexibility index (Phi) is 5.61. The van der Waals surface area contributed by atoms with Crippen molar-refractivity contribution in [2.45, 2.75) is 11.3 Å². The van der Waals surface area contributed by atoms with Crippen LogP contribution in [0.2, 0.25) is 0 Å². The Bertz CT molecular complexity index is 1340. The number of rotatable bonds is 6. The minimum atomic E-state index is -3.52. The summed E-state index contributed by atoms with van der Waals surface area (Å²) in [6.07, 6.45) is 1.94. The van der Waals surface area contributed by atoms with Crippen molar-refractivity contribution in [3.05, 3.63) is 71.6 Å². The van der Waals surface area contributed by atoms with Crippen molar-refractivity contribution in [2.75, 3.05) is 19.4 Å². The third-order valence-electron chi connectivity index (χ3n) is 4.68. The molecule has 0 saturated carbocycles. The lowest BCUT2D eigenvalue weighted by atomic mass is 10.2. The number of anilines is 1. The average molecular weight is 459 g/mol. The van der Waals surface area contributed by atoms with Gasteiger partial charge in [0.25, 0.3) is 0 Å². The predicted molar refractivity (Wildman–Crippen MR) is 118 cm³/mol. The zero-order valence-electron chi connectivity index (χ0n) is 16.7. The van der Waals surface area contributed by atoms with E-state index in [0.717, 1.165) is 20.5 Å². The highest BCUT2D eigenvalue weighted by Crippen LogP contribution is 2.24. The van der Waals surface area contributed by atoms with E-state index < -0.39 is 10.0 Å². The zero-order valence-corrected chi connectivity index (χ0v) is 18.4. The topological polar surface area (TPSA) is 83.8 Å². The second-order valence-corrected chi connectivity index (χ2v) is 10.0. The lowest BCUT2D eigenvalue weighted by Crippen LogP contribution is -2.22. The predicted octanol–water partition coefficient (Wildman–Crippen LogP) is 3.63. The van der Waals surface area contributed by atoms with E-state index >= 15 is 0 Å². The smallest absolute Gasteiger partial charge is 0.242 e. The number of imidazole rings is 1. The Morgan fingerprint density at radius 1 is 1.13 bits per heavy atom. The molecule has 4 rings (SSSR count). The number of hydrogen-bond donors (Lipinski definition) is 1. The number of nitrogens with one attached hydrogen (secondary N) is 1. The van der Waals surface area contributed by atoms with Crippen molar-refractivity contribution in [3.8, 4) is 11.3 Å². The average Bonchev–Trinajstić information content (AvgIpc) is 3.31. The maximum Gasteiger partial charge on any atom is 0.242 e. The lowest BCUT2D eigenvalue weighted by Gasteiger charge is -2.12. The normalized spacial score (nSPS) is 11.9. The highest BCUT2D eigenvalue weighted by molar-refractivity contribution is 7.89. The monoisotopic (exact) mass is 458 g/mol. The quantitative estimate of drug-likeness (QED) is 0.478. The second-order valence-electron chi connectivity index (χ2n) is 7.05. The number of aromatic nitrogens is 2. The van der Waals surface area contributed by atoms with Crippen molar-refractivity contribution >= 4 is 37.9 Å². The Morgan fingerprint density at radius 3 is 2.45 bits per heavy atom. The summed E-state index contributed by atoms with van der Waals surface area (Å²) in [6, 6.07) is 12.1. The van der Waals surface area contributed by atoms with Crippen LogP contribution in [-0.4, -0.2) is 42.1 Å². The van der Waals surface area contributed by atoms with Gasteiger partial charge in [0.1, 0.15) is 5.82 Å². The van der Waals surface area contributed by atoms with E-state index in [0.29, 0.717) is 11.4 Å². The fourth-order valence-corrected chi connectivity index (χ4v) is 4.78. The molecule has 4 aromatic rings. The molecule has 0 aliphatic rings. The van der Waals surface area contributed by atoms with Crippen LogP contribution in [0, 0.1) is 5.82 Å². The molecule has 0 aliphatic carbocycles. The van der Waals surface area contributed by atoms with Crippen LogP contribution >= 0.6 is 11.3 Å². The van der Waals surface area contributed by atoms with Gasteiger partial charge in [-0.1, -0.05) is 0 Å². The van der Waals surface area contributed by atoms with Gasteiger partial charge in [0.15, 0.2) is 4.96 Å². The van der Waals surface area contributed by atoms with E-state index in [1.807, 2.05) is 16.0 Å². The van der Waals surface area contributed by atoms with E-state index in [4.69, 9.17) is 0 Å². The first-order valence-corrected chi connectivity index (χ1v) is 11.6. The van der Waals surface area contributed by atoms with Gasteiger partial charge >= 0.3 is 0 Å². The SMILES string of the molecule is CN(C)S(=O)(=O)c1ccc(NC(=O)Cc2csc3nc(-c4ccc(F)cc4)cn23)cc1. The number of benzene rings is 2. The Labute approximate surface area is 182 Å². The first kappa shape index (κ1) is 21.2. The largest absolute Gasteiger partial charge is 0.326 e. The number of amides is 1. The number of halogens is 1. The molecule has 31 heavy (non-hydrogen) atoms. The fourth-order valence-electron chi connectivity index (χ4n) is 3.01. The van der Waals surface area contributed by atoms with Gasteiger partial charge in [0.05, 0.1) is 17.0 Å². The summed E-state index contributed by atoms with van der Waals surface area (Å²) in [6.45, 7) is 0. The number of fused-ring (bicyclic) bond motifs is 1. The van der Waals surface area contributed by atoms with Gasteiger partial charge in [-0.15, -0.1) is 11.3 Å². The number of hydrogen-bond acceptors (Lipinski definition) is 5. The summed E-state index contributed by atoms with van der Waals surface area (Å²) in [4.78, 5) is 17.9. The first-order valence-electron chi connectivity index (χ1n) is 9.28. The van der Waals surface area contributed by atoms with Gasteiger partial charge < -0.3 is 5.32 Å². The van der Waals surface area contributed by atoms with Gasteiger partial charge in [0.2, 0.25) is 15.9 Å². The Morgan fingerprint density at radius 2 is 1.81 bits per heavy atom. The number of sulfonamides is 1. The summed E-state index contributed by atoms with van der Waals surface area (Å²) in [5, 5.41) is 4.64. The van der Waals surface area contributed by atoms with E-state index in [2.05, 4.69) is 10.3 Å². The van der Waals surface area contributed by atoms with Crippen LogP contribution in [0.5, 0.6) is 0 Å². The molecule has 0 unspecified atom stereocenters. The molecule has 1 amide bonds. The van der Waals surface area contributed by atoms with Gasteiger partial charge in [-0.25, -0.2) is 22.1 Å². The molecule has 0 atom stereocenters. The van der Waals surface area contributed by atoms with E-state index in [1.54, 1.807) is 24.3 Å². The van der Waals surface area contributed by atoms with Gasteiger partial charge in [-0.05, 0) is 48.5 Å². The van der Waals surface area contributed by atoms with Crippen molar-refractivity contribution in [3.63, 3.8) is 0 Å². The van der Waals surface area contributed by atoms with Crippen LogP contribution in [0.25, 0.3) is 16.2 Å². The van der Waals surface area contributed by atoms with Crippen LogP contribution in [0.15, 0.2) is 65.0 Å². The third kappa shape index (κ3) is 4.36. The van der Waals surface area contributed by atoms with Crippen LogP contribution in [-0.2, 0) is 21.2 Å². The molecule has 0 spiro atoms. The molecule has 160 valence electrons. The molecule has 10 heteroatoms. The van der Waals surface area contributed by atoms with Crippen LogP contribution in [0.4, 0.5) is 10.1 Å².